The van der Waals surface area contributed by atoms with Gasteiger partial charge in [-0.1, -0.05) is 0 Å². The zero-order valence-electron chi connectivity index (χ0n) is 16.9. The van der Waals surface area contributed by atoms with Crippen molar-refractivity contribution in [2.24, 2.45) is 0 Å². The number of nitrogens with one attached hydrogen (secondary N) is 1. The fraction of sp³-hybridized carbons (Fsp3) is 0.455. The summed E-state index contributed by atoms with van der Waals surface area (Å²) in [5.74, 6) is 2.45. The van der Waals surface area contributed by atoms with E-state index >= 15 is 0 Å². The Labute approximate surface area is 170 Å². The van der Waals surface area contributed by atoms with E-state index in [-0.39, 0.29) is 6.10 Å². The molecule has 5 rings (SSSR count). The molecule has 0 bridgehead atoms. The monoisotopic (exact) mass is 394 g/mol. The number of anilines is 1. The first-order valence-electron chi connectivity index (χ1n) is 10.3. The molecule has 3 aromatic rings. The van der Waals surface area contributed by atoms with E-state index < -0.39 is 0 Å². The van der Waals surface area contributed by atoms with Gasteiger partial charge < -0.3 is 19.5 Å². The number of aryl methyl sites for hydroxylation is 1. The zero-order chi connectivity index (χ0) is 19.8. The minimum atomic E-state index is 0.274. The molecule has 152 valence electrons. The summed E-state index contributed by atoms with van der Waals surface area (Å²) < 4.78 is 18.6. The molecule has 2 aliphatic rings. The van der Waals surface area contributed by atoms with E-state index in [0.717, 1.165) is 68.0 Å². The smallest absolute Gasteiger partial charge is 0.161 e. The number of ether oxygens (including phenoxy) is 3. The van der Waals surface area contributed by atoms with Gasteiger partial charge in [0.15, 0.2) is 17.1 Å². The summed E-state index contributed by atoms with van der Waals surface area (Å²) in [5.41, 5.74) is 5.18. The average molecular weight is 394 g/mol. The van der Waals surface area contributed by atoms with Crippen LogP contribution in [0, 0.1) is 0 Å². The molecule has 7 nitrogen and oxygen atoms in total. The van der Waals surface area contributed by atoms with Crippen molar-refractivity contribution >= 4 is 11.5 Å². The second-order valence-corrected chi connectivity index (χ2v) is 7.62. The fourth-order valence-corrected chi connectivity index (χ4v) is 4.32. The summed E-state index contributed by atoms with van der Waals surface area (Å²) in [6.45, 7) is 1.67. The third-order valence-corrected chi connectivity index (χ3v) is 5.83. The maximum Gasteiger partial charge on any atom is 0.161 e. The van der Waals surface area contributed by atoms with Gasteiger partial charge >= 0.3 is 0 Å². The molecule has 0 radical (unpaired) electrons. The van der Waals surface area contributed by atoms with Crippen LogP contribution in [0.5, 0.6) is 11.5 Å². The predicted octanol–water partition coefficient (Wildman–Crippen LogP) is 3.49. The van der Waals surface area contributed by atoms with E-state index in [0.29, 0.717) is 11.5 Å². The molecule has 1 aromatic carbocycles. The van der Waals surface area contributed by atoms with Crippen LogP contribution >= 0.6 is 0 Å². The first-order valence-corrected chi connectivity index (χ1v) is 10.3. The zero-order valence-corrected chi connectivity index (χ0v) is 16.9. The molecule has 2 aromatic heterocycles. The maximum absolute atomic E-state index is 5.79. The Kier molecular flexibility index (Phi) is 4.75. The standard InChI is InChI=1S/C22H26N4O3/c1-27-19-9-8-14(11-20(19)28-2)18-12-21-24-17-7-3-6-16(17)22(26(21)25-18)23-13-15-5-4-10-29-15/h8-9,11-12,15,23H,3-7,10,13H2,1-2H3. The van der Waals surface area contributed by atoms with E-state index in [1.807, 2.05) is 28.8 Å². The lowest BCUT2D eigenvalue weighted by Gasteiger charge is -2.16. The van der Waals surface area contributed by atoms with Crippen LogP contribution in [-0.4, -0.2) is 48.1 Å². The molecule has 29 heavy (non-hydrogen) atoms. The highest BCUT2D eigenvalue weighted by Gasteiger charge is 2.23. The van der Waals surface area contributed by atoms with Gasteiger partial charge in [-0.2, -0.15) is 9.61 Å². The minimum Gasteiger partial charge on any atom is -0.493 e. The number of nitrogens with zero attached hydrogens (tertiary/aromatic N) is 3. The molecule has 1 aliphatic heterocycles. The summed E-state index contributed by atoms with van der Waals surface area (Å²) in [6, 6.07) is 7.89. The lowest BCUT2D eigenvalue weighted by atomic mass is 10.1. The highest BCUT2D eigenvalue weighted by Crippen LogP contribution is 2.34. The van der Waals surface area contributed by atoms with Crippen molar-refractivity contribution in [2.75, 3.05) is 32.7 Å². The molecule has 1 N–H and O–H groups in total. The number of fused-ring (bicyclic) bond motifs is 2. The second kappa shape index (κ2) is 7.55. The molecule has 1 fully saturated rings. The van der Waals surface area contributed by atoms with Crippen molar-refractivity contribution in [3.63, 3.8) is 0 Å². The molecule has 7 heteroatoms. The highest BCUT2D eigenvalue weighted by molar-refractivity contribution is 5.69. The van der Waals surface area contributed by atoms with Crippen molar-refractivity contribution in [2.45, 2.75) is 38.2 Å². The van der Waals surface area contributed by atoms with E-state index in [2.05, 4.69) is 5.32 Å². The SMILES string of the molecule is COc1ccc(-c2cc3nc4c(c(NCC5CCCO5)n3n2)CCC4)cc1OC. The summed E-state index contributed by atoms with van der Waals surface area (Å²) in [7, 11) is 3.28. The Morgan fingerprint density at radius 1 is 1.14 bits per heavy atom. The summed E-state index contributed by atoms with van der Waals surface area (Å²) in [5, 5.41) is 8.52. The number of aromatic nitrogens is 3. The van der Waals surface area contributed by atoms with Crippen molar-refractivity contribution in [1.82, 2.24) is 14.6 Å². The van der Waals surface area contributed by atoms with Gasteiger partial charge in [-0.05, 0) is 50.3 Å². The average Bonchev–Trinajstić information content (AvgIpc) is 3.50. The van der Waals surface area contributed by atoms with Gasteiger partial charge in [0, 0.05) is 36.0 Å². The molecule has 1 atom stereocenters. The van der Waals surface area contributed by atoms with Crippen molar-refractivity contribution in [3.05, 3.63) is 35.5 Å². The number of rotatable bonds is 6. The Bertz CT molecular complexity index is 1040. The number of hydrogen-bond donors (Lipinski definition) is 1. The predicted molar refractivity (Wildman–Crippen MR) is 111 cm³/mol. The van der Waals surface area contributed by atoms with Crippen molar-refractivity contribution in [1.29, 1.82) is 0 Å². The van der Waals surface area contributed by atoms with E-state index in [9.17, 15) is 0 Å². The van der Waals surface area contributed by atoms with E-state index in [1.165, 1.54) is 11.3 Å². The van der Waals surface area contributed by atoms with Crippen LogP contribution in [0.15, 0.2) is 24.3 Å². The van der Waals surface area contributed by atoms with E-state index in [1.54, 1.807) is 14.2 Å². The van der Waals surface area contributed by atoms with Crippen LogP contribution in [0.3, 0.4) is 0 Å². The van der Waals surface area contributed by atoms with Gasteiger partial charge in [-0.15, -0.1) is 0 Å². The van der Waals surface area contributed by atoms with Crippen LogP contribution in [0.4, 0.5) is 5.82 Å². The Hall–Kier alpha value is -2.80. The Morgan fingerprint density at radius 2 is 2.03 bits per heavy atom. The number of hydrogen-bond acceptors (Lipinski definition) is 6. The van der Waals surface area contributed by atoms with Gasteiger partial charge in [-0.3, -0.25) is 0 Å². The molecule has 0 saturated carbocycles. The second-order valence-electron chi connectivity index (χ2n) is 7.62. The molecule has 3 heterocycles. The largest absolute Gasteiger partial charge is 0.493 e. The molecule has 1 saturated heterocycles. The lowest BCUT2D eigenvalue weighted by molar-refractivity contribution is 0.120. The van der Waals surface area contributed by atoms with Gasteiger partial charge in [-0.25, -0.2) is 4.98 Å². The lowest BCUT2D eigenvalue weighted by Crippen LogP contribution is -2.21. The van der Waals surface area contributed by atoms with Crippen LogP contribution in [0.2, 0.25) is 0 Å². The molecule has 0 spiro atoms. The third-order valence-electron chi connectivity index (χ3n) is 5.83. The van der Waals surface area contributed by atoms with Crippen LogP contribution in [0.1, 0.15) is 30.5 Å². The topological polar surface area (TPSA) is 69.9 Å². The molecular weight excluding hydrogens is 368 g/mol. The van der Waals surface area contributed by atoms with Gasteiger partial charge in [0.2, 0.25) is 0 Å². The first-order chi connectivity index (χ1) is 14.3. The van der Waals surface area contributed by atoms with Crippen LogP contribution < -0.4 is 14.8 Å². The fourth-order valence-electron chi connectivity index (χ4n) is 4.32. The maximum atomic E-state index is 5.79. The number of methoxy groups -OCH3 is 2. The third kappa shape index (κ3) is 3.29. The van der Waals surface area contributed by atoms with Crippen LogP contribution in [-0.2, 0) is 17.6 Å². The van der Waals surface area contributed by atoms with Gasteiger partial charge in [0.05, 0.1) is 26.0 Å². The van der Waals surface area contributed by atoms with Gasteiger partial charge in [0.1, 0.15) is 5.82 Å². The quantitative estimate of drug-likeness (QED) is 0.690. The first kappa shape index (κ1) is 18.2. The summed E-state index contributed by atoms with van der Waals surface area (Å²) in [4.78, 5) is 4.89. The van der Waals surface area contributed by atoms with Gasteiger partial charge in [0.25, 0.3) is 0 Å². The van der Waals surface area contributed by atoms with Crippen LogP contribution in [0.25, 0.3) is 16.9 Å². The summed E-state index contributed by atoms with van der Waals surface area (Å²) in [6.07, 6.45) is 5.74. The number of benzene rings is 1. The summed E-state index contributed by atoms with van der Waals surface area (Å²) >= 11 is 0. The normalized spacial score (nSPS) is 18.2. The highest BCUT2D eigenvalue weighted by atomic mass is 16.5. The van der Waals surface area contributed by atoms with Crippen molar-refractivity contribution < 1.29 is 14.2 Å². The Morgan fingerprint density at radius 3 is 2.83 bits per heavy atom. The molecule has 1 unspecified atom stereocenters. The molecular formula is C22H26N4O3. The Balaban J connectivity index is 1.55. The molecule has 1 aliphatic carbocycles. The van der Waals surface area contributed by atoms with E-state index in [4.69, 9.17) is 24.3 Å². The van der Waals surface area contributed by atoms with Crippen molar-refractivity contribution in [3.8, 4) is 22.8 Å². The molecule has 0 amide bonds. The minimum absolute atomic E-state index is 0.274.